The van der Waals surface area contributed by atoms with E-state index in [2.05, 4.69) is 45.2 Å². The summed E-state index contributed by atoms with van der Waals surface area (Å²) in [7, 11) is 0. The molecule has 0 radical (unpaired) electrons. The van der Waals surface area contributed by atoms with Gasteiger partial charge in [-0.1, -0.05) is 81.5 Å². The van der Waals surface area contributed by atoms with Gasteiger partial charge < -0.3 is 14.8 Å². The standard InChI is InChI=1S/C14H12ClN3O2.C13H9ClN4O.C11H7ClN2O2/c1-9(18-20)5-14(19)13-7-12(16-8-17-13)10-3-2-4-11(15)6-10;1-8-17-13(19-18-8)12-6-11(15-7-16-12)9-3-2-4-10(14)5-9;12-8-3-1-2-7(4-8)9-5-10(11(15)16)14-6-13-9/h2-4,6-8,20H,5H2,1H3;2-7H,1H3;1-6H,(H,15,16). The van der Waals surface area contributed by atoms with Gasteiger partial charge in [0.05, 0.1) is 29.2 Å². The summed E-state index contributed by atoms with van der Waals surface area (Å²) in [5.74, 6) is -0.363. The third kappa shape index (κ3) is 11.5. The van der Waals surface area contributed by atoms with Crippen molar-refractivity contribution in [3.8, 4) is 45.4 Å². The van der Waals surface area contributed by atoms with Gasteiger partial charge in [-0.25, -0.2) is 34.7 Å². The number of benzene rings is 3. The van der Waals surface area contributed by atoms with E-state index in [0.29, 0.717) is 49.6 Å². The number of carbonyl (C=O) groups excluding carboxylic acids is 1. The van der Waals surface area contributed by atoms with Crippen LogP contribution in [0.3, 0.4) is 0 Å². The zero-order chi connectivity index (χ0) is 39.3. The fourth-order valence-electron chi connectivity index (χ4n) is 4.63. The van der Waals surface area contributed by atoms with Crippen LogP contribution >= 0.6 is 34.8 Å². The number of hydrogen-bond acceptors (Lipinski definition) is 13. The molecule has 55 heavy (non-hydrogen) atoms. The second-order valence-corrected chi connectivity index (χ2v) is 12.6. The number of hydrogen-bond donors (Lipinski definition) is 2. The van der Waals surface area contributed by atoms with Crippen molar-refractivity contribution in [2.75, 3.05) is 0 Å². The number of halogens is 3. The summed E-state index contributed by atoms with van der Waals surface area (Å²) in [5.41, 5.74) is 5.54. The molecule has 7 rings (SSSR count). The lowest BCUT2D eigenvalue weighted by atomic mass is 10.1. The average molecular weight is 797 g/mol. The number of carboxylic acids is 1. The number of oxime groups is 1. The van der Waals surface area contributed by atoms with Gasteiger partial charge in [0, 0.05) is 31.8 Å². The number of aromatic carboxylic acids is 1. The van der Waals surface area contributed by atoms with Gasteiger partial charge >= 0.3 is 5.97 Å². The van der Waals surface area contributed by atoms with Crippen LogP contribution in [0.25, 0.3) is 45.4 Å². The molecule has 4 heterocycles. The molecule has 276 valence electrons. The van der Waals surface area contributed by atoms with E-state index in [1.54, 1.807) is 62.4 Å². The second kappa shape index (κ2) is 19.0. The number of aromatic nitrogens is 8. The van der Waals surface area contributed by atoms with Gasteiger partial charge in [-0.05, 0) is 68.4 Å². The average Bonchev–Trinajstić information content (AvgIpc) is 3.64. The van der Waals surface area contributed by atoms with Gasteiger partial charge in [0.15, 0.2) is 17.3 Å². The van der Waals surface area contributed by atoms with Crippen LogP contribution < -0.4 is 0 Å². The van der Waals surface area contributed by atoms with Crippen molar-refractivity contribution in [1.82, 2.24) is 40.0 Å². The maximum absolute atomic E-state index is 12.0. The van der Waals surface area contributed by atoms with Crippen molar-refractivity contribution in [2.24, 2.45) is 5.16 Å². The molecule has 2 N–H and O–H groups in total. The number of nitrogens with zero attached hydrogens (tertiary/aromatic N) is 9. The van der Waals surface area contributed by atoms with Gasteiger partial charge in [0.2, 0.25) is 0 Å². The van der Waals surface area contributed by atoms with Crippen LogP contribution in [-0.4, -0.2) is 67.8 Å². The summed E-state index contributed by atoms with van der Waals surface area (Å²) >= 11 is 17.7. The minimum Gasteiger partial charge on any atom is -0.477 e. The first-order valence-corrected chi connectivity index (χ1v) is 17.1. The number of carbonyl (C=O) groups is 2. The lowest BCUT2D eigenvalue weighted by molar-refractivity contribution is 0.0690. The van der Waals surface area contributed by atoms with Crippen molar-refractivity contribution in [1.29, 1.82) is 0 Å². The maximum atomic E-state index is 12.0. The van der Waals surface area contributed by atoms with Crippen LogP contribution in [0.5, 0.6) is 0 Å². The zero-order valence-corrected chi connectivity index (χ0v) is 31.1. The first-order chi connectivity index (χ1) is 26.5. The highest BCUT2D eigenvalue weighted by Gasteiger charge is 2.13. The highest BCUT2D eigenvalue weighted by atomic mass is 35.5. The second-order valence-electron chi connectivity index (χ2n) is 11.3. The summed E-state index contributed by atoms with van der Waals surface area (Å²) in [4.78, 5) is 50.9. The Hall–Kier alpha value is -6.48. The number of carboxylic acid groups (broad SMARTS) is 1. The largest absolute Gasteiger partial charge is 0.477 e. The number of Topliss-reactive ketones (excluding diaryl/α,β-unsaturated/α-hetero) is 1. The van der Waals surface area contributed by atoms with Crippen molar-refractivity contribution in [3.63, 3.8) is 0 Å². The van der Waals surface area contributed by atoms with Crippen LogP contribution in [0.4, 0.5) is 0 Å². The van der Waals surface area contributed by atoms with E-state index >= 15 is 0 Å². The SMILES string of the molecule is CC(CC(=O)c1cc(-c2cccc(Cl)c2)ncn1)=NO.Cc1noc(-c2cc(-c3cccc(Cl)c3)ncn2)n1.O=C(O)c1cc(-c2cccc(Cl)c2)ncn1. The van der Waals surface area contributed by atoms with E-state index in [0.717, 1.165) is 22.4 Å². The third-order valence-electron chi connectivity index (χ3n) is 7.20. The summed E-state index contributed by atoms with van der Waals surface area (Å²) in [5, 5.41) is 25.9. The van der Waals surface area contributed by atoms with Gasteiger partial charge in [0.1, 0.15) is 30.4 Å². The Morgan fingerprint density at radius 1 is 0.655 bits per heavy atom. The van der Waals surface area contributed by atoms with Gasteiger partial charge in [-0.2, -0.15) is 4.98 Å². The monoisotopic (exact) mass is 795 g/mol. The van der Waals surface area contributed by atoms with Gasteiger partial charge in [0.25, 0.3) is 5.89 Å². The minimum absolute atomic E-state index is 0.0164. The Morgan fingerprint density at radius 3 is 1.56 bits per heavy atom. The van der Waals surface area contributed by atoms with E-state index < -0.39 is 5.97 Å². The Kier molecular flexibility index (Phi) is 13.7. The molecule has 0 atom stereocenters. The molecule has 0 bridgehead atoms. The highest BCUT2D eigenvalue weighted by Crippen LogP contribution is 2.25. The smallest absolute Gasteiger partial charge is 0.354 e. The molecule has 17 heteroatoms. The molecule has 3 aromatic carbocycles. The summed E-state index contributed by atoms with van der Waals surface area (Å²) in [6, 6.07) is 26.5. The summed E-state index contributed by atoms with van der Waals surface area (Å²) in [6.45, 7) is 3.32. The molecule has 0 fully saturated rings. The van der Waals surface area contributed by atoms with E-state index in [-0.39, 0.29) is 23.6 Å². The number of aryl methyl sites for hydroxylation is 1. The first kappa shape index (κ1) is 39.7. The molecular formula is C38H28Cl3N9O5. The lowest BCUT2D eigenvalue weighted by Crippen LogP contribution is -2.08. The molecule has 0 saturated carbocycles. The fraction of sp³-hybridized carbons (Fsp3) is 0.0789. The quantitative estimate of drug-likeness (QED) is 0.0639. The maximum Gasteiger partial charge on any atom is 0.354 e. The molecule has 0 aliphatic rings. The molecule has 0 unspecified atom stereocenters. The van der Waals surface area contributed by atoms with Crippen molar-refractivity contribution < 1.29 is 24.4 Å². The van der Waals surface area contributed by atoms with Crippen LogP contribution in [-0.2, 0) is 0 Å². The Morgan fingerprint density at radius 2 is 1.11 bits per heavy atom. The van der Waals surface area contributed by atoms with Gasteiger partial charge in [-0.15, -0.1) is 0 Å². The van der Waals surface area contributed by atoms with Crippen molar-refractivity contribution in [3.05, 3.63) is 142 Å². The molecule has 0 aliphatic heterocycles. The predicted molar refractivity (Wildman–Crippen MR) is 206 cm³/mol. The Labute approximate surface area is 328 Å². The molecular weight excluding hydrogens is 769 g/mol. The van der Waals surface area contributed by atoms with Crippen LogP contribution in [0, 0.1) is 6.92 Å². The Bertz CT molecular complexity index is 2480. The molecule has 0 saturated heterocycles. The number of rotatable bonds is 8. The molecule has 0 spiro atoms. The summed E-state index contributed by atoms with van der Waals surface area (Å²) in [6.07, 6.45) is 4.03. The normalized spacial score (nSPS) is 10.7. The summed E-state index contributed by atoms with van der Waals surface area (Å²) < 4.78 is 5.09. The third-order valence-corrected chi connectivity index (χ3v) is 7.91. The van der Waals surface area contributed by atoms with Gasteiger partial charge in [-0.3, -0.25) is 4.79 Å². The first-order valence-electron chi connectivity index (χ1n) is 16.0. The van der Waals surface area contributed by atoms with Crippen molar-refractivity contribution in [2.45, 2.75) is 20.3 Å². The highest BCUT2D eigenvalue weighted by molar-refractivity contribution is 6.31. The fourth-order valence-corrected chi connectivity index (χ4v) is 5.21. The lowest BCUT2D eigenvalue weighted by Gasteiger charge is -2.03. The minimum atomic E-state index is -1.08. The van der Waals surface area contributed by atoms with E-state index in [9.17, 15) is 9.59 Å². The molecule has 0 amide bonds. The Balaban J connectivity index is 0.000000159. The zero-order valence-electron chi connectivity index (χ0n) is 28.9. The van der Waals surface area contributed by atoms with Crippen LogP contribution in [0.1, 0.15) is 40.1 Å². The van der Waals surface area contributed by atoms with E-state index in [1.165, 1.54) is 25.0 Å². The molecule has 4 aromatic heterocycles. The molecule has 14 nitrogen and oxygen atoms in total. The van der Waals surface area contributed by atoms with Crippen LogP contribution in [0.15, 0.2) is 120 Å². The van der Waals surface area contributed by atoms with E-state index in [4.69, 9.17) is 49.6 Å². The topological polar surface area (TPSA) is 203 Å². The van der Waals surface area contributed by atoms with Crippen molar-refractivity contribution >= 4 is 52.3 Å². The molecule has 7 aromatic rings. The van der Waals surface area contributed by atoms with E-state index in [1.807, 2.05) is 36.4 Å². The molecule has 0 aliphatic carbocycles. The van der Waals surface area contributed by atoms with Crippen LogP contribution in [0.2, 0.25) is 15.1 Å². The number of ketones is 1. The predicted octanol–water partition coefficient (Wildman–Crippen LogP) is 8.87.